The van der Waals surface area contributed by atoms with E-state index in [0.29, 0.717) is 11.6 Å². The molecule has 0 aromatic heterocycles. The quantitative estimate of drug-likeness (QED) is 0.758. The van der Waals surface area contributed by atoms with Gasteiger partial charge < -0.3 is 0 Å². The lowest BCUT2D eigenvalue weighted by Crippen LogP contribution is -2.41. The molecule has 5 heteroatoms. The first-order valence-corrected chi connectivity index (χ1v) is 9.53. The van der Waals surface area contributed by atoms with Gasteiger partial charge in [-0.15, -0.1) is 0 Å². The van der Waals surface area contributed by atoms with Crippen molar-refractivity contribution >= 4 is 40.6 Å². The maximum Gasteiger partial charge on any atom is 0.245 e. The minimum Gasteiger partial charge on any atom is -0.294 e. The Morgan fingerprint density at radius 3 is 2.58 bits per heavy atom. The minimum atomic E-state index is 0.119. The van der Waals surface area contributed by atoms with E-state index < -0.39 is 0 Å². The SMILES string of the molecule is O=C(CN1CCCCC1)N1c2ccccc2Sc2ccc(Cl)cc21. The Bertz CT molecular complexity index is 774. The number of nitrogens with zero attached hydrogens (tertiary/aromatic N) is 2. The summed E-state index contributed by atoms with van der Waals surface area (Å²) in [6, 6.07) is 13.9. The van der Waals surface area contributed by atoms with Gasteiger partial charge in [-0.05, 0) is 56.3 Å². The largest absolute Gasteiger partial charge is 0.294 e. The Kier molecular flexibility index (Phi) is 4.53. The number of hydrogen-bond donors (Lipinski definition) is 0. The first kappa shape index (κ1) is 16.0. The number of halogens is 1. The van der Waals surface area contributed by atoms with Gasteiger partial charge in [0, 0.05) is 14.8 Å². The Hall–Kier alpha value is -1.49. The van der Waals surface area contributed by atoms with E-state index in [4.69, 9.17) is 11.6 Å². The maximum absolute atomic E-state index is 13.1. The number of likely N-dealkylation sites (tertiary alicyclic amines) is 1. The number of rotatable bonds is 2. The molecular weight excluding hydrogens is 340 g/mol. The maximum atomic E-state index is 13.1. The summed E-state index contributed by atoms with van der Waals surface area (Å²) in [6.45, 7) is 2.49. The molecule has 4 rings (SSSR count). The molecule has 0 spiro atoms. The standard InChI is InChI=1S/C19H19ClN2OS/c20-14-8-9-18-16(12-14)22(15-6-2-3-7-17(15)24-18)19(23)13-21-10-4-1-5-11-21/h2-3,6-9,12H,1,4-5,10-11,13H2. The minimum absolute atomic E-state index is 0.119. The molecule has 124 valence electrons. The molecule has 0 N–H and O–H groups in total. The van der Waals surface area contributed by atoms with Crippen LogP contribution in [0.25, 0.3) is 0 Å². The molecule has 1 amide bonds. The number of hydrogen-bond acceptors (Lipinski definition) is 3. The fraction of sp³-hybridized carbons (Fsp3) is 0.316. The van der Waals surface area contributed by atoms with E-state index >= 15 is 0 Å². The molecule has 1 fully saturated rings. The molecule has 24 heavy (non-hydrogen) atoms. The normalized spacial score (nSPS) is 17.3. The molecule has 0 saturated carbocycles. The van der Waals surface area contributed by atoms with Crippen LogP contribution in [0.3, 0.4) is 0 Å². The molecule has 0 atom stereocenters. The van der Waals surface area contributed by atoms with Crippen molar-refractivity contribution in [2.45, 2.75) is 29.1 Å². The van der Waals surface area contributed by atoms with Crippen molar-refractivity contribution in [1.29, 1.82) is 0 Å². The number of para-hydroxylation sites is 1. The number of carbonyl (C=O) groups excluding carboxylic acids is 1. The molecule has 2 aliphatic heterocycles. The van der Waals surface area contributed by atoms with Crippen LogP contribution >= 0.6 is 23.4 Å². The smallest absolute Gasteiger partial charge is 0.245 e. The highest BCUT2D eigenvalue weighted by Crippen LogP contribution is 2.48. The summed E-state index contributed by atoms with van der Waals surface area (Å²) in [6.07, 6.45) is 3.64. The van der Waals surface area contributed by atoms with Gasteiger partial charge in [0.2, 0.25) is 5.91 Å². The molecule has 2 aliphatic rings. The van der Waals surface area contributed by atoms with Crippen LogP contribution in [0.1, 0.15) is 19.3 Å². The predicted molar refractivity (Wildman–Crippen MR) is 99.5 cm³/mol. The highest BCUT2D eigenvalue weighted by atomic mass is 35.5. The van der Waals surface area contributed by atoms with E-state index in [0.717, 1.165) is 34.3 Å². The van der Waals surface area contributed by atoms with E-state index in [1.54, 1.807) is 11.8 Å². The molecule has 1 saturated heterocycles. The first-order valence-electron chi connectivity index (χ1n) is 8.34. The third kappa shape index (κ3) is 3.06. The van der Waals surface area contributed by atoms with Crippen molar-refractivity contribution in [3.63, 3.8) is 0 Å². The zero-order valence-electron chi connectivity index (χ0n) is 13.4. The van der Waals surface area contributed by atoms with Crippen molar-refractivity contribution in [1.82, 2.24) is 4.90 Å². The number of fused-ring (bicyclic) bond motifs is 2. The van der Waals surface area contributed by atoms with Crippen molar-refractivity contribution < 1.29 is 4.79 Å². The molecule has 0 aliphatic carbocycles. The lowest BCUT2D eigenvalue weighted by Gasteiger charge is -2.34. The first-order chi connectivity index (χ1) is 11.7. The van der Waals surface area contributed by atoms with Crippen molar-refractivity contribution in [3.05, 3.63) is 47.5 Å². The molecule has 0 unspecified atom stereocenters. The van der Waals surface area contributed by atoms with Gasteiger partial charge in [0.05, 0.1) is 17.9 Å². The number of anilines is 2. The average molecular weight is 359 g/mol. The highest BCUT2D eigenvalue weighted by Gasteiger charge is 2.29. The van der Waals surface area contributed by atoms with Gasteiger partial charge in [-0.3, -0.25) is 14.6 Å². The Balaban J connectivity index is 1.70. The predicted octanol–water partition coefficient (Wildman–Crippen LogP) is 4.96. The molecule has 2 aromatic carbocycles. The van der Waals surface area contributed by atoms with Crippen LogP contribution in [0.5, 0.6) is 0 Å². The van der Waals surface area contributed by atoms with Gasteiger partial charge >= 0.3 is 0 Å². The van der Waals surface area contributed by atoms with E-state index in [-0.39, 0.29) is 5.91 Å². The summed E-state index contributed by atoms with van der Waals surface area (Å²) in [7, 11) is 0. The van der Waals surface area contributed by atoms with E-state index in [9.17, 15) is 4.79 Å². The second kappa shape index (κ2) is 6.79. The van der Waals surface area contributed by atoms with Crippen LogP contribution in [0.4, 0.5) is 11.4 Å². The molecular formula is C19H19ClN2OS. The third-order valence-electron chi connectivity index (χ3n) is 4.54. The van der Waals surface area contributed by atoms with Gasteiger partial charge in [0.15, 0.2) is 0 Å². The number of carbonyl (C=O) groups is 1. The number of piperidine rings is 1. The lowest BCUT2D eigenvalue weighted by atomic mass is 10.1. The lowest BCUT2D eigenvalue weighted by molar-refractivity contribution is -0.119. The van der Waals surface area contributed by atoms with Crippen molar-refractivity contribution in [2.24, 2.45) is 0 Å². The Morgan fingerprint density at radius 2 is 1.75 bits per heavy atom. The summed E-state index contributed by atoms with van der Waals surface area (Å²) in [5.41, 5.74) is 1.85. The highest BCUT2D eigenvalue weighted by molar-refractivity contribution is 7.99. The molecule has 2 heterocycles. The zero-order chi connectivity index (χ0) is 16.5. The van der Waals surface area contributed by atoms with Gasteiger partial charge in [0.25, 0.3) is 0 Å². The van der Waals surface area contributed by atoms with Crippen LogP contribution in [-0.4, -0.2) is 30.4 Å². The molecule has 0 radical (unpaired) electrons. The van der Waals surface area contributed by atoms with Crippen LogP contribution < -0.4 is 4.90 Å². The Morgan fingerprint density at radius 1 is 1.00 bits per heavy atom. The van der Waals surface area contributed by atoms with Crippen molar-refractivity contribution in [2.75, 3.05) is 24.5 Å². The fourth-order valence-electron chi connectivity index (χ4n) is 3.38. The summed E-state index contributed by atoms with van der Waals surface area (Å²) in [4.78, 5) is 19.4. The summed E-state index contributed by atoms with van der Waals surface area (Å²) < 4.78 is 0. The van der Waals surface area contributed by atoms with Crippen molar-refractivity contribution in [3.8, 4) is 0 Å². The van der Waals surface area contributed by atoms with Gasteiger partial charge in [-0.1, -0.05) is 41.9 Å². The van der Waals surface area contributed by atoms with Crippen LogP contribution in [-0.2, 0) is 4.79 Å². The molecule has 2 aromatic rings. The van der Waals surface area contributed by atoms with Gasteiger partial charge in [-0.25, -0.2) is 0 Å². The van der Waals surface area contributed by atoms with E-state index in [1.807, 2.05) is 41.3 Å². The third-order valence-corrected chi connectivity index (χ3v) is 5.91. The molecule has 0 bridgehead atoms. The second-order valence-corrected chi connectivity index (χ2v) is 7.77. The second-order valence-electron chi connectivity index (χ2n) is 6.25. The summed E-state index contributed by atoms with van der Waals surface area (Å²) >= 11 is 7.90. The van der Waals surface area contributed by atoms with E-state index in [1.165, 1.54) is 19.3 Å². The fourth-order valence-corrected chi connectivity index (χ4v) is 4.58. The zero-order valence-corrected chi connectivity index (χ0v) is 14.9. The van der Waals surface area contributed by atoms with Crippen LogP contribution in [0, 0.1) is 0 Å². The van der Waals surface area contributed by atoms with Gasteiger partial charge in [0.1, 0.15) is 0 Å². The van der Waals surface area contributed by atoms with Gasteiger partial charge in [-0.2, -0.15) is 0 Å². The molecule has 3 nitrogen and oxygen atoms in total. The average Bonchev–Trinajstić information content (AvgIpc) is 2.60. The summed E-state index contributed by atoms with van der Waals surface area (Å²) in [5, 5.41) is 0.657. The summed E-state index contributed by atoms with van der Waals surface area (Å²) in [5.74, 6) is 0.119. The van der Waals surface area contributed by atoms with E-state index in [2.05, 4.69) is 11.0 Å². The van der Waals surface area contributed by atoms with Crippen LogP contribution in [0.15, 0.2) is 52.3 Å². The Labute approximate surface area is 151 Å². The van der Waals surface area contributed by atoms with Crippen LogP contribution in [0.2, 0.25) is 5.02 Å². The number of benzene rings is 2. The monoisotopic (exact) mass is 358 g/mol. The topological polar surface area (TPSA) is 23.6 Å². The number of amides is 1.